The second-order valence-corrected chi connectivity index (χ2v) is 7.85. The fourth-order valence-corrected chi connectivity index (χ4v) is 3.76. The molecule has 9 nitrogen and oxygen atoms in total. The van der Waals surface area contributed by atoms with Gasteiger partial charge >= 0.3 is 5.88 Å². The van der Waals surface area contributed by atoms with Crippen molar-refractivity contribution in [2.75, 3.05) is 24.0 Å². The molecule has 2 aromatic carbocycles. The summed E-state index contributed by atoms with van der Waals surface area (Å²) in [6.07, 6.45) is 1.19. The number of carbonyl (C=O) groups is 1. The van der Waals surface area contributed by atoms with E-state index >= 15 is 0 Å². The Labute approximate surface area is 185 Å². The second kappa shape index (κ2) is 8.55. The van der Waals surface area contributed by atoms with Crippen LogP contribution >= 0.6 is 11.3 Å². The Morgan fingerprint density at radius 2 is 1.94 bits per heavy atom. The van der Waals surface area contributed by atoms with E-state index in [9.17, 15) is 19.3 Å². The molecule has 0 radical (unpaired) electrons. The van der Waals surface area contributed by atoms with Crippen LogP contribution < -0.4 is 9.91 Å². The van der Waals surface area contributed by atoms with Gasteiger partial charge in [-0.3, -0.25) is 14.9 Å². The molecule has 0 bridgehead atoms. The number of furan rings is 1. The smallest absolute Gasteiger partial charge is 0.400 e. The minimum atomic E-state index is -0.672. The third kappa shape index (κ3) is 4.32. The zero-order valence-corrected chi connectivity index (χ0v) is 17.7. The van der Waals surface area contributed by atoms with E-state index in [1.165, 1.54) is 36.5 Å². The number of anilines is 2. The molecular weight excluding hydrogens is 437 g/mol. The van der Waals surface area contributed by atoms with Crippen molar-refractivity contribution in [3.05, 3.63) is 81.9 Å². The average molecular weight is 453 g/mol. The van der Waals surface area contributed by atoms with E-state index in [2.05, 4.69) is 10.1 Å². The van der Waals surface area contributed by atoms with Crippen molar-refractivity contribution in [2.24, 2.45) is 5.10 Å². The van der Waals surface area contributed by atoms with Gasteiger partial charge in [0.1, 0.15) is 10.7 Å². The molecule has 0 saturated carbocycles. The summed E-state index contributed by atoms with van der Waals surface area (Å²) in [5, 5.41) is 16.3. The van der Waals surface area contributed by atoms with Crippen LogP contribution in [-0.4, -0.2) is 36.1 Å². The average Bonchev–Trinajstić information content (AvgIpc) is 3.40. The Morgan fingerprint density at radius 3 is 2.59 bits per heavy atom. The third-order valence-electron chi connectivity index (χ3n) is 4.44. The predicted molar refractivity (Wildman–Crippen MR) is 120 cm³/mol. The van der Waals surface area contributed by atoms with Gasteiger partial charge in [0.15, 0.2) is 5.76 Å². The molecule has 2 aromatic heterocycles. The highest BCUT2D eigenvalue weighted by Crippen LogP contribution is 2.31. The van der Waals surface area contributed by atoms with Crippen molar-refractivity contribution in [3.63, 3.8) is 0 Å². The summed E-state index contributed by atoms with van der Waals surface area (Å²) < 4.78 is 19.2. The lowest BCUT2D eigenvalue weighted by Gasteiger charge is -2.15. The number of amides is 1. The van der Waals surface area contributed by atoms with Crippen LogP contribution in [0.15, 0.2) is 64.1 Å². The second-order valence-electron chi connectivity index (χ2n) is 6.84. The monoisotopic (exact) mass is 453 g/mol. The van der Waals surface area contributed by atoms with E-state index in [1.807, 2.05) is 19.0 Å². The molecule has 0 aliphatic carbocycles. The number of rotatable bonds is 6. The van der Waals surface area contributed by atoms with Gasteiger partial charge in [0, 0.05) is 25.3 Å². The molecule has 0 aliphatic heterocycles. The number of nitro groups is 1. The summed E-state index contributed by atoms with van der Waals surface area (Å²) in [7, 11) is 3.77. The Balaban J connectivity index is 1.72. The minimum Gasteiger partial charge on any atom is -0.400 e. The molecule has 1 amide bonds. The topological polar surface area (TPSA) is 105 Å². The van der Waals surface area contributed by atoms with Crippen LogP contribution in [0.3, 0.4) is 0 Å². The molecule has 4 rings (SSSR count). The van der Waals surface area contributed by atoms with E-state index in [0.29, 0.717) is 15.8 Å². The first-order valence-electron chi connectivity index (χ1n) is 9.28. The number of aromatic nitrogens is 1. The van der Waals surface area contributed by atoms with Crippen molar-refractivity contribution < 1.29 is 18.5 Å². The van der Waals surface area contributed by atoms with Crippen molar-refractivity contribution in [1.82, 2.24) is 4.98 Å². The maximum atomic E-state index is 13.6. The van der Waals surface area contributed by atoms with E-state index in [1.54, 1.807) is 24.3 Å². The SMILES string of the molecule is CN(C)c1ccc(C(=O)N(/N=C/c2ccc([N+](=O)[O-])o2)c2nc3ccc(F)cc3s2)cc1. The summed E-state index contributed by atoms with van der Waals surface area (Å²) in [6, 6.07) is 13.6. The lowest BCUT2D eigenvalue weighted by Crippen LogP contribution is -2.25. The highest BCUT2D eigenvalue weighted by molar-refractivity contribution is 7.22. The van der Waals surface area contributed by atoms with Gasteiger partial charge in [-0.15, -0.1) is 0 Å². The summed E-state index contributed by atoms with van der Waals surface area (Å²) in [5.41, 5.74) is 1.77. The van der Waals surface area contributed by atoms with Crippen molar-refractivity contribution in [1.29, 1.82) is 0 Å². The Bertz CT molecular complexity index is 1330. The van der Waals surface area contributed by atoms with Gasteiger partial charge < -0.3 is 9.32 Å². The summed E-state index contributed by atoms with van der Waals surface area (Å²) >= 11 is 1.09. The zero-order chi connectivity index (χ0) is 22.8. The number of hydrogen-bond donors (Lipinski definition) is 0. The Morgan fingerprint density at radius 1 is 1.19 bits per heavy atom. The van der Waals surface area contributed by atoms with Gasteiger partial charge in [-0.1, -0.05) is 11.3 Å². The molecule has 4 aromatic rings. The number of carbonyl (C=O) groups excluding carboxylic acids is 1. The fraction of sp³-hybridized carbons (Fsp3) is 0.0952. The van der Waals surface area contributed by atoms with Gasteiger partial charge in [-0.05, 0) is 48.5 Å². The highest BCUT2D eigenvalue weighted by atomic mass is 32.1. The van der Waals surface area contributed by atoms with Crippen LogP contribution in [0.25, 0.3) is 10.2 Å². The first-order chi connectivity index (χ1) is 15.3. The first kappa shape index (κ1) is 21.1. The Kier molecular flexibility index (Phi) is 5.65. The summed E-state index contributed by atoms with van der Waals surface area (Å²) in [5.74, 6) is -1.26. The van der Waals surface area contributed by atoms with Gasteiger partial charge in [0.05, 0.1) is 22.5 Å². The lowest BCUT2D eigenvalue weighted by atomic mass is 10.2. The number of thiazole rings is 1. The third-order valence-corrected chi connectivity index (χ3v) is 5.43. The van der Waals surface area contributed by atoms with Crippen molar-refractivity contribution in [3.8, 4) is 0 Å². The van der Waals surface area contributed by atoms with Crippen LogP contribution in [0.4, 0.5) is 21.1 Å². The van der Waals surface area contributed by atoms with E-state index in [0.717, 1.165) is 22.0 Å². The molecule has 0 atom stereocenters. The molecule has 0 saturated heterocycles. The van der Waals surface area contributed by atoms with Crippen molar-refractivity contribution in [2.45, 2.75) is 0 Å². The van der Waals surface area contributed by atoms with Crippen molar-refractivity contribution >= 4 is 50.4 Å². The highest BCUT2D eigenvalue weighted by Gasteiger charge is 2.22. The summed E-state index contributed by atoms with van der Waals surface area (Å²) in [4.78, 5) is 29.7. The number of halogens is 1. The van der Waals surface area contributed by atoms with E-state index in [4.69, 9.17) is 4.42 Å². The van der Waals surface area contributed by atoms with Gasteiger partial charge in [-0.25, -0.2) is 9.37 Å². The lowest BCUT2D eigenvalue weighted by molar-refractivity contribution is -0.402. The van der Waals surface area contributed by atoms with Crippen LogP contribution in [0.2, 0.25) is 0 Å². The van der Waals surface area contributed by atoms with Gasteiger partial charge in [-0.2, -0.15) is 10.1 Å². The standard InChI is InChI=1S/C21H16FN5O4S/c1-25(2)15-6-3-13(4-7-15)20(28)26(23-12-16-8-10-19(31-16)27(29)30)21-24-17-9-5-14(22)11-18(17)32-21/h3-12H,1-2H3/b23-12+. The molecule has 2 heterocycles. The molecule has 0 aliphatic rings. The number of hydrogen-bond acceptors (Lipinski definition) is 8. The van der Waals surface area contributed by atoms with Gasteiger partial charge in [0.2, 0.25) is 5.13 Å². The van der Waals surface area contributed by atoms with Gasteiger partial charge in [0.25, 0.3) is 5.91 Å². The quantitative estimate of drug-likeness (QED) is 0.238. The zero-order valence-electron chi connectivity index (χ0n) is 16.9. The van der Waals surface area contributed by atoms with E-state index < -0.39 is 22.5 Å². The van der Waals surface area contributed by atoms with Crippen LogP contribution in [-0.2, 0) is 0 Å². The van der Waals surface area contributed by atoms with Crippen LogP contribution in [0, 0.1) is 15.9 Å². The molecule has 0 N–H and O–H groups in total. The molecule has 0 spiro atoms. The summed E-state index contributed by atoms with van der Waals surface area (Å²) in [6.45, 7) is 0. The molecule has 162 valence electrons. The molecule has 11 heteroatoms. The maximum Gasteiger partial charge on any atom is 0.433 e. The number of benzene rings is 2. The molecule has 32 heavy (non-hydrogen) atoms. The first-order valence-corrected chi connectivity index (χ1v) is 10.1. The predicted octanol–water partition coefficient (Wildman–Crippen LogP) is 4.68. The Hall–Kier alpha value is -4.12. The molecular formula is C21H16FN5O4S. The van der Waals surface area contributed by atoms with Crippen LogP contribution in [0.5, 0.6) is 0 Å². The maximum absolute atomic E-state index is 13.6. The number of nitrogens with zero attached hydrogens (tertiary/aromatic N) is 5. The number of hydrazone groups is 1. The largest absolute Gasteiger partial charge is 0.433 e. The fourth-order valence-electron chi connectivity index (χ4n) is 2.81. The minimum absolute atomic E-state index is 0.0876. The van der Waals surface area contributed by atoms with Crippen LogP contribution in [0.1, 0.15) is 16.1 Å². The molecule has 0 fully saturated rings. The normalized spacial score (nSPS) is 11.2. The number of fused-ring (bicyclic) bond motifs is 1. The van der Waals surface area contributed by atoms with E-state index in [-0.39, 0.29) is 10.9 Å². The molecule has 0 unspecified atom stereocenters.